The summed E-state index contributed by atoms with van der Waals surface area (Å²) in [7, 11) is 3.18. The molecule has 1 aliphatic heterocycles. The number of benzene rings is 2. The molecule has 1 aromatic heterocycles. The number of aromatic nitrogens is 1. The van der Waals surface area contributed by atoms with E-state index in [0.29, 0.717) is 40.4 Å². The molecule has 5 nitrogen and oxygen atoms in total. The van der Waals surface area contributed by atoms with Crippen molar-refractivity contribution in [2.45, 2.75) is 12.6 Å². The number of β-amino-alcohol motifs (C(OH)–C–C–N with tert-alkyl or cyclic N) is 1. The van der Waals surface area contributed by atoms with E-state index in [9.17, 15) is 9.50 Å². The SMILES string of the molecule is COc1ccc(OC)c2c1CN(c1ccc3cc(Br)c(F)cc3n1)CC2O. The zero-order valence-electron chi connectivity index (χ0n) is 14.9. The van der Waals surface area contributed by atoms with Gasteiger partial charge in [0.2, 0.25) is 0 Å². The Bertz CT molecular complexity index is 1030. The average Bonchev–Trinajstić information content (AvgIpc) is 2.67. The van der Waals surface area contributed by atoms with Gasteiger partial charge in [-0.3, -0.25) is 0 Å². The van der Waals surface area contributed by atoms with Gasteiger partial charge < -0.3 is 19.5 Å². The van der Waals surface area contributed by atoms with Crippen molar-refractivity contribution in [1.82, 2.24) is 4.98 Å². The molecular formula is C20H18BrFN2O3. The Kier molecular flexibility index (Phi) is 4.65. The molecule has 1 aliphatic rings. The van der Waals surface area contributed by atoms with E-state index in [2.05, 4.69) is 20.9 Å². The Morgan fingerprint density at radius 3 is 2.63 bits per heavy atom. The third kappa shape index (κ3) is 3.11. The number of fused-ring (bicyclic) bond motifs is 2. The number of methoxy groups -OCH3 is 2. The molecular weight excluding hydrogens is 415 g/mol. The lowest BCUT2D eigenvalue weighted by molar-refractivity contribution is 0.169. The molecule has 4 rings (SSSR count). The second kappa shape index (κ2) is 6.98. The minimum atomic E-state index is -0.752. The fourth-order valence-electron chi connectivity index (χ4n) is 3.53. The molecule has 0 aliphatic carbocycles. The zero-order valence-corrected chi connectivity index (χ0v) is 16.5. The first-order valence-electron chi connectivity index (χ1n) is 8.44. The lowest BCUT2D eigenvalue weighted by Gasteiger charge is -2.34. The van der Waals surface area contributed by atoms with Gasteiger partial charge in [-0.25, -0.2) is 9.37 Å². The fourth-order valence-corrected chi connectivity index (χ4v) is 3.90. The van der Waals surface area contributed by atoms with Crippen LogP contribution in [0.25, 0.3) is 10.9 Å². The Hall–Kier alpha value is -2.38. The number of pyridine rings is 1. The molecule has 1 atom stereocenters. The number of nitrogens with zero attached hydrogens (tertiary/aromatic N) is 2. The van der Waals surface area contributed by atoms with E-state index in [1.54, 1.807) is 26.4 Å². The van der Waals surface area contributed by atoms with Crippen molar-refractivity contribution in [3.8, 4) is 11.5 Å². The van der Waals surface area contributed by atoms with E-state index in [-0.39, 0.29) is 5.82 Å². The van der Waals surface area contributed by atoms with Gasteiger partial charge >= 0.3 is 0 Å². The molecule has 0 saturated heterocycles. The largest absolute Gasteiger partial charge is 0.496 e. The lowest BCUT2D eigenvalue weighted by atomic mass is 9.95. The van der Waals surface area contributed by atoms with Crippen LogP contribution in [0.4, 0.5) is 10.2 Å². The van der Waals surface area contributed by atoms with Crippen molar-refractivity contribution in [3.63, 3.8) is 0 Å². The zero-order chi connectivity index (χ0) is 19.1. The minimum absolute atomic E-state index is 0.355. The molecule has 2 heterocycles. The Morgan fingerprint density at radius 1 is 1.15 bits per heavy atom. The number of halogens is 2. The van der Waals surface area contributed by atoms with E-state index in [0.717, 1.165) is 16.5 Å². The topological polar surface area (TPSA) is 54.8 Å². The van der Waals surface area contributed by atoms with Crippen LogP contribution in [-0.2, 0) is 6.54 Å². The highest BCUT2D eigenvalue weighted by Crippen LogP contribution is 2.40. The van der Waals surface area contributed by atoms with Gasteiger partial charge in [0, 0.05) is 29.1 Å². The monoisotopic (exact) mass is 432 g/mol. The van der Waals surface area contributed by atoms with E-state index in [1.807, 2.05) is 23.1 Å². The number of anilines is 1. The predicted molar refractivity (Wildman–Crippen MR) is 105 cm³/mol. The maximum absolute atomic E-state index is 13.9. The van der Waals surface area contributed by atoms with Crippen LogP contribution in [0.2, 0.25) is 0 Å². The summed E-state index contributed by atoms with van der Waals surface area (Å²) in [6.45, 7) is 0.859. The molecule has 0 saturated carbocycles. The summed E-state index contributed by atoms with van der Waals surface area (Å²) in [6.07, 6.45) is -0.752. The Morgan fingerprint density at radius 2 is 1.89 bits per heavy atom. The van der Waals surface area contributed by atoms with Crippen molar-refractivity contribution < 1.29 is 19.0 Å². The van der Waals surface area contributed by atoms with Gasteiger partial charge in [0.1, 0.15) is 29.2 Å². The second-order valence-corrected chi connectivity index (χ2v) is 7.24. The summed E-state index contributed by atoms with van der Waals surface area (Å²) in [4.78, 5) is 6.54. The summed E-state index contributed by atoms with van der Waals surface area (Å²) >= 11 is 3.19. The highest BCUT2D eigenvalue weighted by atomic mass is 79.9. The number of hydrogen-bond donors (Lipinski definition) is 1. The molecule has 1 N–H and O–H groups in total. The van der Waals surface area contributed by atoms with Gasteiger partial charge in [0.05, 0.1) is 30.8 Å². The lowest BCUT2D eigenvalue weighted by Crippen LogP contribution is -2.34. The predicted octanol–water partition coefficient (Wildman–Crippen LogP) is 4.21. The molecule has 0 radical (unpaired) electrons. The maximum Gasteiger partial charge on any atom is 0.139 e. The number of ether oxygens (including phenoxy) is 2. The molecule has 7 heteroatoms. The van der Waals surface area contributed by atoms with Crippen LogP contribution in [0.5, 0.6) is 11.5 Å². The number of rotatable bonds is 3. The second-order valence-electron chi connectivity index (χ2n) is 6.39. The summed E-state index contributed by atoms with van der Waals surface area (Å²) in [5.74, 6) is 1.63. The van der Waals surface area contributed by atoms with Crippen molar-refractivity contribution in [2.75, 3.05) is 25.7 Å². The smallest absolute Gasteiger partial charge is 0.139 e. The van der Waals surface area contributed by atoms with Crippen molar-refractivity contribution in [2.24, 2.45) is 0 Å². The minimum Gasteiger partial charge on any atom is -0.496 e. The summed E-state index contributed by atoms with van der Waals surface area (Å²) in [6, 6.07) is 10.5. The van der Waals surface area contributed by atoms with Gasteiger partial charge in [-0.2, -0.15) is 0 Å². The van der Waals surface area contributed by atoms with E-state index < -0.39 is 6.10 Å². The van der Waals surface area contributed by atoms with Crippen LogP contribution < -0.4 is 14.4 Å². The van der Waals surface area contributed by atoms with Crippen molar-refractivity contribution >= 4 is 32.7 Å². The van der Waals surface area contributed by atoms with Crippen LogP contribution in [0.3, 0.4) is 0 Å². The fraction of sp³-hybridized carbons (Fsp3) is 0.250. The first-order valence-corrected chi connectivity index (χ1v) is 9.23. The standard InChI is InChI=1S/C20H18BrFN2O3/c1-26-17-4-5-18(27-2)20-12(17)9-24(10-16(20)25)19-6-3-11-7-13(21)14(22)8-15(11)23-19/h3-8,16,25H,9-10H2,1-2H3. The van der Waals surface area contributed by atoms with Gasteiger partial charge in [-0.15, -0.1) is 0 Å². The molecule has 27 heavy (non-hydrogen) atoms. The summed E-state index contributed by atoms with van der Waals surface area (Å²) in [5.41, 5.74) is 2.16. The Labute approximate surface area is 164 Å². The van der Waals surface area contributed by atoms with E-state index in [4.69, 9.17) is 9.47 Å². The van der Waals surface area contributed by atoms with Crippen LogP contribution >= 0.6 is 15.9 Å². The van der Waals surface area contributed by atoms with Gasteiger partial charge in [0.15, 0.2) is 0 Å². The molecule has 3 aromatic rings. The number of aliphatic hydroxyl groups is 1. The van der Waals surface area contributed by atoms with Crippen LogP contribution in [-0.4, -0.2) is 30.9 Å². The highest BCUT2D eigenvalue weighted by Gasteiger charge is 2.30. The average molecular weight is 433 g/mol. The van der Waals surface area contributed by atoms with Crippen LogP contribution in [0.15, 0.2) is 40.9 Å². The van der Waals surface area contributed by atoms with Crippen LogP contribution in [0.1, 0.15) is 17.2 Å². The van der Waals surface area contributed by atoms with Crippen molar-refractivity contribution in [1.29, 1.82) is 0 Å². The van der Waals surface area contributed by atoms with E-state index >= 15 is 0 Å². The quantitative estimate of drug-likeness (QED) is 0.671. The number of aliphatic hydroxyl groups excluding tert-OH is 1. The van der Waals surface area contributed by atoms with Gasteiger partial charge in [-0.05, 0) is 46.3 Å². The molecule has 1 unspecified atom stereocenters. The normalized spacial score (nSPS) is 16.3. The van der Waals surface area contributed by atoms with Gasteiger partial charge in [-0.1, -0.05) is 0 Å². The van der Waals surface area contributed by atoms with E-state index in [1.165, 1.54) is 6.07 Å². The maximum atomic E-state index is 13.9. The molecule has 0 amide bonds. The number of hydrogen-bond acceptors (Lipinski definition) is 5. The third-order valence-corrected chi connectivity index (χ3v) is 5.44. The molecule has 0 fully saturated rings. The molecule has 2 aromatic carbocycles. The Balaban J connectivity index is 1.77. The molecule has 0 bridgehead atoms. The molecule has 140 valence electrons. The third-order valence-electron chi connectivity index (χ3n) is 4.83. The first kappa shape index (κ1) is 18.0. The first-order chi connectivity index (χ1) is 13.0. The molecule has 0 spiro atoms. The van der Waals surface area contributed by atoms with Gasteiger partial charge in [0.25, 0.3) is 0 Å². The van der Waals surface area contributed by atoms with Crippen molar-refractivity contribution in [3.05, 3.63) is 57.8 Å². The van der Waals surface area contributed by atoms with Crippen LogP contribution in [0, 0.1) is 5.82 Å². The summed E-state index contributed by atoms with van der Waals surface area (Å²) < 4.78 is 25.2. The highest BCUT2D eigenvalue weighted by molar-refractivity contribution is 9.10. The summed E-state index contributed by atoms with van der Waals surface area (Å²) in [5, 5.41) is 11.6.